The number of aliphatic hydroxyl groups is 1. The Balaban J connectivity index is 1.53. The summed E-state index contributed by atoms with van der Waals surface area (Å²) in [5.41, 5.74) is 3.65. The first-order valence-electron chi connectivity index (χ1n) is 14.8. The van der Waals surface area contributed by atoms with Crippen molar-refractivity contribution in [2.24, 2.45) is 0 Å². The van der Waals surface area contributed by atoms with Gasteiger partial charge in [-0.2, -0.15) is 0 Å². The summed E-state index contributed by atoms with van der Waals surface area (Å²) in [6.45, 7) is 9.65. The van der Waals surface area contributed by atoms with E-state index in [1.54, 1.807) is 36.4 Å². The lowest BCUT2D eigenvalue weighted by Crippen LogP contribution is -2.29. The van der Waals surface area contributed by atoms with Crippen molar-refractivity contribution in [3.8, 4) is 23.0 Å². The summed E-state index contributed by atoms with van der Waals surface area (Å²) in [7, 11) is 0. The fraction of sp³-hybridized carbons (Fsp3) is 0.324. The lowest BCUT2D eigenvalue weighted by Gasteiger charge is -2.24. The van der Waals surface area contributed by atoms with Gasteiger partial charge in [-0.25, -0.2) is 4.98 Å². The minimum absolute atomic E-state index is 0.0547. The van der Waals surface area contributed by atoms with Crippen molar-refractivity contribution in [2.45, 2.75) is 46.6 Å². The van der Waals surface area contributed by atoms with Gasteiger partial charge in [0.05, 0.1) is 35.0 Å². The number of hydrogen-bond acceptors (Lipinski definition) is 9. The number of ketones is 1. The first-order valence-corrected chi connectivity index (χ1v) is 15.6. The van der Waals surface area contributed by atoms with E-state index in [1.807, 2.05) is 32.9 Å². The molecular formula is C34H34N2O7S. The van der Waals surface area contributed by atoms with Crippen molar-refractivity contribution in [2.75, 3.05) is 31.3 Å². The van der Waals surface area contributed by atoms with Gasteiger partial charge in [0.15, 0.2) is 28.1 Å². The highest BCUT2D eigenvalue weighted by molar-refractivity contribution is 7.22. The van der Waals surface area contributed by atoms with Crippen LogP contribution >= 0.6 is 11.3 Å². The van der Waals surface area contributed by atoms with E-state index in [1.165, 1.54) is 16.2 Å². The number of benzene rings is 3. The topological polar surface area (TPSA) is 107 Å². The van der Waals surface area contributed by atoms with E-state index in [4.69, 9.17) is 23.9 Å². The van der Waals surface area contributed by atoms with Gasteiger partial charge in [0.1, 0.15) is 19.0 Å². The lowest BCUT2D eigenvalue weighted by atomic mass is 9.95. The van der Waals surface area contributed by atoms with E-state index in [0.717, 1.165) is 34.2 Å². The third-order valence-corrected chi connectivity index (χ3v) is 8.63. The summed E-state index contributed by atoms with van der Waals surface area (Å²) >= 11 is 1.33. The Morgan fingerprint density at radius 3 is 2.57 bits per heavy atom. The zero-order chi connectivity index (χ0) is 31.0. The number of ether oxygens (including phenoxy) is 4. The molecule has 1 aromatic heterocycles. The molecule has 3 aromatic carbocycles. The molecule has 2 aliphatic heterocycles. The van der Waals surface area contributed by atoms with Crippen molar-refractivity contribution >= 4 is 44.1 Å². The maximum Gasteiger partial charge on any atom is 0.301 e. The van der Waals surface area contributed by atoms with Gasteiger partial charge in [-0.15, -0.1) is 0 Å². The Morgan fingerprint density at radius 1 is 1.00 bits per heavy atom. The van der Waals surface area contributed by atoms with Gasteiger partial charge in [-0.05, 0) is 80.3 Å². The molecule has 1 unspecified atom stereocenters. The molecule has 0 aliphatic carbocycles. The molecule has 0 spiro atoms. The van der Waals surface area contributed by atoms with Crippen LogP contribution in [0.4, 0.5) is 5.13 Å². The second-order valence-corrected chi connectivity index (χ2v) is 11.8. The molecule has 0 bridgehead atoms. The molecule has 4 aromatic rings. The fourth-order valence-electron chi connectivity index (χ4n) is 5.56. The second kappa shape index (κ2) is 12.2. The zero-order valence-corrected chi connectivity index (χ0v) is 26.0. The minimum Gasteiger partial charge on any atom is -0.507 e. The lowest BCUT2D eigenvalue weighted by molar-refractivity contribution is -0.132. The van der Waals surface area contributed by atoms with E-state index < -0.39 is 17.7 Å². The number of carbonyl (C=O) groups excluding carboxylic acids is 2. The number of hydrogen-bond donors (Lipinski definition) is 1. The van der Waals surface area contributed by atoms with Crippen LogP contribution in [-0.4, -0.2) is 48.2 Å². The summed E-state index contributed by atoms with van der Waals surface area (Å²) in [4.78, 5) is 33.9. The van der Waals surface area contributed by atoms with Crippen molar-refractivity contribution < 1.29 is 33.6 Å². The number of nitrogens with zero attached hydrogens (tertiary/aromatic N) is 2. The van der Waals surface area contributed by atoms with Crippen LogP contribution < -0.4 is 23.8 Å². The number of carbonyl (C=O) groups is 2. The number of fused-ring (bicyclic) bond motifs is 2. The van der Waals surface area contributed by atoms with Crippen LogP contribution in [0.25, 0.3) is 16.0 Å². The van der Waals surface area contributed by atoms with Gasteiger partial charge in [0.2, 0.25) is 0 Å². The van der Waals surface area contributed by atoms with Gasteiger partial charge >= 0.3 is 5.91 Å². The minimum atomic E-state index is -0.978. The van der Waals surface area contributed by atoms with Gasteiger partial charge in [-0.1, -0.05) is 36.8 Å². The number of Topliss-reactive ketones (excluding diaryl/α,β-unsaturated/α-hetero) is 1. The maximum atomic E-state index is 13.8. The van der Waals surface area contributed by atoms with E-state index in [9.17, 15) is 14.7 Å². The molecule has 6 rings (SSSR count). The van der Waals surface area contributed by atoms with Crippen LogP contribution in [0.1, 0.15) is 55.0 Å². The molecular weight excluding hydrogens is 580 g/mol. The van der Waals surface area contributed by atoms with Gasteiger partial charge in [0, 0.05) is 5.56 Å². The smallest absolute Gasteiger partial charge is 0.301 e. The average molecular weight is 615 g/mol. The number of aromatic nitrogens is 1. The van der Waals surface area contributed by atoms with E-state index in [-0.39, 0.29) is 11.3 Å². The molecule has 10 heteroatoms. The first-order chi connectivity index (χ1) is 21.3. The quantitative estimate of drug-likeness (QED) is 0.0940. The molecule has 1 atom stereocenters. The Kier molecular flexibility index (Phi) is 8.18. The number of aryl methyl sites for hydroxylation is 2. The van der Waals surface area contributed by atoms with Crippen LogP contribution in [-0.2, 0) is 9.59 Å². The summed E-state index contributed by atoms with van der Waals surface area (Å²) in [5, 5.41) is 12.1. The van der Waals surface area contributed by atoms with Crippen LogP contribution in [0.5, 0.6) is 23.0 Å². The molecule has 1 saturated heterocycles. The number of rotatable bonds is 9. The van der Waals surface area contributed by atoms with Crippen molar-refractivity contribution in [1.82, 2.24) is 4.98 Å². The molecule has 0 radical (unpaired) electrons. The summed E-state index contributed by atoms with van der Waals surface area (Å²) in [6.07, 6.45) is 1.87. The average Bonchev–Trinajstić information content (AvgIpc) is 3.55. The van der Waals surface area contributed by atoms with Crippen LogP contribution in [0.2, 0.25) is 0 Å². The SMILES string of the molecule is CCCCOc1ccc(C2/C(=C(\O)c3ccc4c(c3)OCCO4)C(=O)C(=O)N2c2nc3c(C)cc(C)cc3s2)cc1OCC. The highest BCUT2D eigenvalue weighted by Crippen LogP contribution is 2.47. The summed E-state index contributed by atoms with van der Waals surface area (Å²) < 4.78 is 24.2. The highest BCUT2D eigenvalue weighted by Gasteiger charge is 2.48. The Labute approximate surface area is 259 Å². The molecule has 228 valence electrons. The van der Waals surface area contributed by atoms with Gasteiger partial charge in [-0.3, -0.25) is 14.5 Å². The van der Waals surface area contributed by atoms with Gasteiger partial charge < -0.3 is 24.1 Å². The monoisotopic (exact) mass is 614 g/mol. The third-order valence-electron chi connectivity index (χ3n) is 7.62. The predicted octanol–water partition coefficient (Wildman–Crippen LogP) is 6.89. The van der Waals surface area contributed by atoms with E-state index in [0.29, 0.717) is 65.7 Å². The Morgan fingerprint density at radius 2 is 1.80 bits per heavy atom. The number of amides is 1. The standard InChI is InChI=1S/C34H34N2O7S/c1-5-7-12-41-23-10-8-21(17-25(23)40-6-2)30-28(31(37)22-9-11-24-26(18-22)43-14-13-42-24)32(38)33(39)36(30)34-35-29-20(4)15-19(3)16-27(29)44-34/h8-11,15-18,30,37H,5-7,12-14H2,1-4H3/b31-28+. The molecule has 9 nitrogen and oxygen atoms in total. The molecule has 1 N–H and O–H groups in total. The number of aliphatic hydroxyl groups excluding tert-OH is 1. The largest absolute Gasteiger partial charge is 0.507 e. The summed E-state index contributed by atoms with van der Waals surface area (Å²) in [5.74, 6) is 0.155. The predicted molar refractivity (Wildman–Crippen MR) is 169 cm³/mol. The maximum absolute atomic E-state index is 13.8. The normalized spacial score (nSPS) is 17.4. The Hall–Kier alpha value is -4.57. The van der Waals surface area contributed by atoms with Crippen LogP contribution in [0.3, 0.4) is 0 Å². The second-order valence-electron chi connectivity index (χ2n) is 10.8. The molecule has 1 fully saturated rings. The summed E-state index contributed by atoms with van der Waals surface area (Å²) in [6, 6.07) is 13.4. The van der Waals surface area contributed by atoms with E-state index >= 15 is 0 Å². The molecule has 44 heavy (non-hydrogen) atoms. The molecule has 3 heterocycles. The van der Waals surface area contributed by atoms with Crippen molar-refractivity contribution in [3.05, 3.63) is 76.4 Å². The molecule has 0 saturated carbocycles. The van der Waals surface area contributed by atoms with Crippen molar-refractivity contribution in [3.63, 3.8) is 0 Å². The Bertz CT molecular complexity index is 1790. The van der Waals surface area contributed by atoms with Crippen LogP contribution in [0, 0.1) is 13.8 Å². The highest BCUT2D eigenvalue weighted by atomic mass is 32.1. The first kappa shape index (κ1) is 29.5. The van der Waals surface area contributed by atoms with Crippen molar-refractivity contribution in [1.29, 1.82) is 0 Å². The number of unbranched alkanes of at least 4 members (excludes halogenated alkanes) is 1. The number of thiazole rings is 1. The fourth-order valence-corrected chi connectivity index (χ4v) is 6.73. The zero-order valence-electron chi connectivity index (χ0n) is 25.1. The molecule has 2 aliphatic rings. The number of anilines is 1. The van der Waals surface area contributed by atoms with Gasteiger partial charge in [0.25, 0.3) is 5.78 Å². The van der Waals surface area contributed by atoms with E-state index in [2.05, 4.69) is 6.92 Å². The van der Waals surface area contributed by atoms with Crippen LogP contribution in [0.15, 0.2) is 54.1 Å². The third kappa shape index (κ3) is 5.34. The molecule has 1 amide bonds.